The lowest BCUT2D eigenvalue weighted by Crippen LogP contribution is -2.23. The number of carbonyl (C=O) groups excluding carboxylic acids is 1. The van der Waals surface area contributed by atoms with E-state index < -0.39 is 0 Å². The first-order valence-electron chi connectivity index (χ1n) is 7.79. The van der Waals surface area contributed by atoms with Crippen molar-refractivity contribution < 1.29 is 4.79 Å². The molecule has 1 atom stereocenters. The number of halogens is 1. The lowest BCUT2D eigenvalue weighted by atomic mass is 10.1. The van der Waals surface area contributed by atoms with E-state index in [1.54, 1.807) is 11.8 Å². The third-order valence-electron chi connectivity index (χ3n) is 3.57. The summed E-state index contributed by atoms with van der Waals surface area (Å²) in [5, 5.41) is 2.93. The van der Waals surface area contributed by atoms with Crippen LogP contribution in [0, 0.1) is 6.92 Å². The van der Waals surface area contributed by atoms with Gasteiger partial charge in [0.25, 0.3) is 0 Å². The van der Waals surface area contributed by atoms with Gasteiger partial charge in [0.2, 0.25) is 5.91 Å². The summed E-state index contributed by atoms with van der Waals surface area (Å²) in [5.41, 5.74) is 3.35. The quantitative estimate of drug-likeness (QED) is 0.635. The number of anilines is 1. The van der Waals surface area contributed by atoms with E-state index in [4.69, 9.17) is 0 Å². The fourth-order valence-corrected chi connectivity index (χ4v) is 3.68. The van der Waals surface area contributed by atoms with Crippen LogP contribution >= 0.6 is 27.7 Å². The first kappa shape index (κ1) is 18.1. The maximum Gasteiger partial charge on any atom is 0.237 e. The predicted molar refractivity (Wildman–Crippen MR) is 104 cm³/mol. The predicted octanol–water partition coefficient (Wildman–Crippen LogP) is 5.45. The summed E-state index contributed by atoms with van der Waals surface area (Å²) in [5.74, 6) is 1.04. The molecule has 2 aromatic carbocycles. The van der Waals surface area contributed by atoms with E-state index in [1.807, 2.05) is 38.1 Å². The first-order valence-corrected chi connectivity index (χ1v) is 9.63. The van der Waals surface area contributed by atoms with Crippen molar-refractivity contribution in [1.82, 2.24) is 0 Å². The van der Waals surface area contributed by atoms with E-state index in [0.717, 1.165) is 28.8 Å². The number of benzene rings is 2. The van der Waals surface area contributed by atoms with Gasteiger partial charge >= 0.3 is 0 Å². The molecule has 122 valence electrons. The average Bonchev–Trinajstić information content (AvgIpc) is 2.55. The molecule has 0 spiro atoms. The number of aryl methyl sites for hydroxylation is 2. The Bertz CT molecular complexity index is 645. The molecule has 0 aliphatic carbocycles. The summed E-state index contributed by atoms with van der Waals surface area (Å²) in [6.45, 7) is 3.99. The van der Waals surface area contributed by atoms with Gasteiger partial charge in [0.05, 0.1) is 10.9 Å². The molecule has 0 aliphatic rings. The minimum atomic E-state index is -0.0565. The first-order chi connectivity index (χ1) is 11.1. The van der Waals surface area contributed by atoms with Gasteiger partial charge in [0.15, 0.2) is 0 Å². The van der Waals surface area contributed by atoms with Gasteiger partial charge < -0.3 is 5.32 Å². The van der Waals surface area contributed by atoms with Gasteiger partial charge in [-0.15, -0.1) is 11.8 Å². The van der Waals surface area contributed by atoms with E-state index in [-0.39, 0.29) is 11.2 Å². The van der Waals surface area contributed by atoms with Crippen molar-refractivity contribution in [2.24, 2.45) is 0 Å². The Hall–Kier alpha value is -1.26. The highest BCUT2D eigenvalue weighted by molar-refractivity contribution is 9.10. The molecule has 2 aromatic rings. The van der Waals surface area contributed by atoms with Gasteiger partial charge in [0, 0.05) is 4.47 Å². The number of hydrogen-bond donors (Lipinski definition) is 1. The minimum Gasteiger partial charge on any atom is -0.324 e. The third kappa shape index (κ3) is 6.04. The van der Waals surface area contributed by atoms with Gasteiger partial charge in [-0.3, -0.25) is 4.79 Å². The molecule has 0 heterocycles. The zero-order chi connectivity index (χ0) is 16.7. The van der Waals surface area contributed by atoms with E-state index in [1.165, 1.54) is 11.1 Å². The Morgan fingerprint density at radius 2 is 1.96 bits per heavy atom. The molecule has 4 heteroatoms. The maximum absolute atomic E-state index is 12.3. The zero-order valence-corrected chi connectivity index (χ0v) is 15.9. The lowest BCUT2D eigenvalue weighted by Gasteiger charge is -2.13. The normalized spacial score (nSPS) is 12.0. The molecule has 2 rings (SSSR count). The molecule has 0 bridgehead atoms. The summed E-state index contributed by atoms with van der Waals surface area (Å²) < 4.78 is 0.923. The highest BCUT2D eigenvalue weighted by Gasteiger charge is 2.14. The summed E-state index contributed by atoms with van der Waals surface area (Å²) in [4.78, 5) is 12.3. The molecular formula is C19H22BrNOS. The van der Waals surface area contributed by atoms with Gasteiger partial charge in [0.1, 0.15) is 0 Å². The topological polar surface area (TPSA) is 29.1 Å². The molecule has 0 aromatic heterocycles. The second-order valence-corrected chi connectivity index (χ2v) is 7.88. The Balaban J connectivity index is 1.74. The van der Waals surface area contributed by atoms with E-state index in [0.29, 0.717) is 0 Å². The van der Waals surface area contributed by atoms with Crippen LogP contribution in [0.4, 0.5) is 5.69 Å². The molecule has 0 fully saturated rings. The van der Waals surface area contributed by atoms with Crippen LogP contribution in [0.15, 0.2) is 53.0 Å². The highest BCUT2D eigenvalue weighted by Crippen LogP contribution is 2.24. The molecule has 0 unspecified atom stereocenters. The maximum atomic E-state index is 12.3. The summed E-state index contributed by atoms with van der Waals surface area (Å²) in [6.07, 6.45) is 2.15. The fourth-order valence-electron chi connectivity index (χ4n) is 2.21. The van der Waals surface area contributed by atoms with Crippen LogP contribution in [0.1, 0.15) is 24.5 Å². The lowest BCUT2D eigenvalue weighted by molar-refractivity contribution is -0.115. The molecule has 1 amide bonds. The van der Waals surface area contributed by atoms with Crippen LogP contribution in [0.3, 0.4) is 0 Å². The van der Waals surface area contributed by atoms with Gasteiger partial charge in [-0.2, -0.15) is 0 Å². The summed E-state index contributed by atoms with van der Waals surface area (Å²) >= 11 is 5.20. The number of rotatable bonds is 7. The zero-order valence-electron chi connectivity index (χ0n) is 13.5. The minimum absolute atomic E-state index is 0.0549. The fraction of sp³-hybridized carbons (Fsp3) is 0.316. The largest absolute Gasteiger partial charge is 0.324 e. The van der Waals surface area contributed by atoms with Gasteiger partial charge in [-0.05, 0) is 71.6 Å². The number of thioether (sulfide) groups is 1. The average molecular weight is 392 g/mol. The van der Waals surface area contributed by atoms with E-state index in [9.17, 15) is 4.79 Å². The molecule has 23 heavy (non-hydrogen) atoms. The smallest absolute Gasteiger partial charge is 0.237 e. The van der Waals surface area contributed by atoms with Crippen molar-refractivity contribution in [2.45, 2.75) is 31.9 Å². The summed E-state index contributed by atoms with van der Waals surface area (Å²) in [6, 6.07) is 16.4. The van der Waals surface area contributed by atoms with E-state index in [2.05, 4.69) is 45.5 Å². The number of hydrogen-bond acceptors (Lipinski definition) is 2. The monoisotopic (exact) mass is 391 g/mol. The van der Waals surface area contributed by atoms with Crippen LogP contribution in [-0.2, 0) is 11.2 Å². The molecule has 0 aliphatic heterocycles. The molecule has 0 saturated heterocycles. The van der Waals surface area contributed by atoms with Crippen molar-refractivity contribution in [2.75, 3.05) is 11.1 Å². The van der Waals surface area contributed by atoms with Crippen LogP contribution in [0.2, 0.25) is 0 Å². The Morgan fingerprint density at radius 1 is 1.22 bits per heavy atom. The SMILES string of the molecule is Cc1ccc(NC(=O)[C@H](C)SCCCc2ccccc2)c(Br)c1. The number of amides is 1. The molecule has 0 radical (unpaired) electrons. The second-order valence-electron chi connectivity index (χ2n) is 5.57. The van der Waals surface area contributed by atoms with Crippen molar-refractivity contribution in [3.8, 4) is 0 Å². The van der Waals surface area contributed by atoms with Crippen LogP contribution in [0.25, 0.3) is 0 Å². The molecule has 0 saturated carbocycles. The highest BCUT2D eigenvalue weighted by atomic mass is 79.9. The number of carbonyl (C=O) groups is 1. The van der Waals surface area contributed by atoms with Crippen LogP contribution in [0.5, 0.6) is 0 Å². The van der Waals surface area contributed by atoms with Gasteiger partial charge in [-0.25, -0.2) is 0 Å². The standard InChI is InChI=1S/C19H22BrNOS/c1-14-10-11-18(17(20)13-14)21-19(22)15(2)23-12-6-9-16-7-4-3-5-8-16/h3-5,7-8,10-11,13,15H,6,9,12H2,1-2H3,(H,21,22)/t15-/m0/s1. The van der Waals surface area contributed by atoms with Crippen molar-refractivity contribution >= 4 is 39.3 Å². The van der Waals surface area contributed by atoms with Crippen LogP contribution < -0.4 is 5.32 Å². The molecule has 1 N–H and O–H groups in total. The van der Waals surface area contributed by atoms with E-state index >= 15 is 0 Å². The second kappa shape index (κ2) is 9.14. The van der Waals surface area contributed by atoms with Crippen molar-refractivity contribution in [3.63, 3.8) is 0 Å². The van der Waals surface area contributed by atoms with Crippen molar-refractivity contribution in [1.29, 1.82) is 0 Å². The third-order valence-corrected chi connectivity index (χ3v) is 5.47. The molecular weight excluding hydrogens is 370 g/mol. The molecule has 2 nitrogen and oxygen atoms in total. The summed E-state index contributed by atoms with van der Waals surface area (Å²) in [7, 11) is 0. The van der Waals surface area contributed by atoms with Gasteiger partial charge in [-0.1, -0.05) is 36.4 Å². The Kier molecular flexibility index (Phi) is 7.18. The Morgan fingerprint density at radius 3 is 2.65 bits per heavy atom. The number of nitrogens with one attached hydrogen (secondary N) is 1. The Labute approximate surface area is 151 Å². The van der Waals surface area contributed by atoms with Crippen molar-refractivity contribution in [3.05, 3.63) is 64.1 Å². The van der Waals surface area contributed by atoms with Crippen LogP contribution in [-0.4, -0.2) is 16.9 Å².